The SMILES string of the molecule is CNC(=O)Cc1ccc(NC(=O)CNC2CC2)cc1. The van der Waals surface area contributed by atoms with E-state index in [1.165, 1.54) is 12.8 Å². The first kappa shape index (κ1) is 13.5. The van der Waals surface area contributed by atoms with Gasteiger partial charge in [0.2, 0.25) is 11.8 Å². The minimum atomic E-state index is -0.0362. The summed E-state index contributed by atoms with van der Waals surface area (Å²) in [4.78, 5) is 22.8. The Morgan fingerprint density at radius 3 is 2.42 bits per heavy atom. The third-order valence-electron chi connectivity index (χ3n) is 3.01. The smallest absolute Gasteiger partial charge is 0.238 e. The van der Waals surface area contributed by atoms with Crippen LogP contribution >= 0.6 is 0 Å². The summed E-state index contributed by atoms with van der Waals surface area (Å²) in [6, 6.07) is 7.85. The number of benzene rings is 1. The Labute approximate surface area is 112 Å². The molecule has 1 saturated carbocycles. The van der Waals surface area contributed by atoms with E-state index in [4.69, 9.17) is 0 Å². The van der Waals surface area contributed by atoms with Gasteiger partial charge in [-0.15, -0.1) is 0 Å². The third kappa shape index (κ3) is 4.71. The molecule has 19 heavy (non-hydrogen) atoms. The van der Waals surface area contributed by atoms with Crippen LogP contribution in [0, 0.1) is 0 Å². The zero-order valence-electron chi connectivity index (χ0n) is 11.0. The standard InChI is InChI=1S/C14H19N3O2/c1-15-13(18)8-10-2-4-12(5-3-10)17-14(19)9-16-11-6-7-11/h2-5,11,16H,6-9H2,1H3,(H,15,18)(H,17,19). The zero-order chi connectivity index (χ0) is 13.7. The van der Waals surface area contributed by atoms with Gasteiger partial charge in [0.05, 0.1) is 13.0 Å². The van der Waals surface area contributed by atoms with E-state index in [1.807, 2.05) is 24.3 Å². The number of nitrogens with one attached hydrogen (secondary N) is 3. The molecular formula is C14H19N3O2. The molecule has 0 bridgehead atoms. The molecule has 0 unspecified atom stereocenters. The van der Waals surface area contributed by atoms with Crippen molar-refractivity contribution in [3.8, 4) is 0 Å². The average Bonchev–Trinajstić information content (AvgIpc) is 3.22. The highest BCUT2D eigenvalue weighted by Crippen LogP contribution is 2.18. The third-order valence-corrected chi connectivity index (χ3v) is 3.01. The molecule has 2 amide bonds. The largest absolute Gasteiger partial charge is 0.359 e. The normalized spacial score (nSPS) is 13.9. The summed E-state index contributed by atoms with van der Waals surface area (Å²) < 4.78 is 0. The van der Waals surface area contributed by atoms with Gasteiger partial charge >= 0.3 is 0 Å². The minimum absolute atomic E-state index is 0.0228. The predicted molar refractivity (Wildman–Crippen MR) is 73.9 cm³/mol. The lowest BCUT2D eigenvalue weighted by atomic mass is 10.1. The number of anilines is 1. The second-order valence-electron chi connectivity index (χ2n) is 4.75. The highest BCUT2D eigenvalue weighted by molar-refractivity contribution is 5.92. The Kier molecular flexibility index (Phi) is 4.52. The lowest BCUT2D eigenvalue weighted by Crippen LogP contribution is -2.29. The maximum Gasteiger partial charge on any atom is 0.238 e. The molecule has 0 atom stereocenters. The fourth-order valence-electron chi connectivity index (χ4n) is 1.71. The predicted octanol–water partition coefficient (Wildman–Crippen LogP) is 0.666. The molecule has 1 aliphatic carbocycles. The van der Waals surface area contributed by atoms with Crippen LogP contribution < -0.4 is 16.0 Å². The summed E-state index contributed by atoms with van der Waals surface area (Å²) in [7, 11) is 1.61. The number of carbonyl (C=O) groups excluding carboxylic acids is 2. The molecule has 1 aliphatic rings. The molecule has 2 rings (SSSR count). The Morgan fingerprint density at radius 2 is 1.84 bits per heavy atom. The highest BCUT2D eigenvalue weighted by atomic mass is 16.2. The number of amides is 2. The van der Waals surface area contributed by atoms with Crippen molar-refractivity contribution < 1.29 is 9.59 Å². The van der Waals surface area contributed by atoms with Crippen LogP contribution in [0.15, 0.2) is 24.3 Å². The van der Waals surface area contributed by atoms with Gasteiger partial charge in [0.1, 0.15) is 0 Å². The fraction of sp³-hybridized carbons (Fsp3) is 0.429. The van der Waals surface area contributed by atoms with Gasteiger partial charge in [-0.25, -0.2) is 0 Å². The summed E-state index contributed by atoms with van der Waals surface area (Å²) in [6.07, 6.45) is 2.69. The van der Waals surface area contributed by atoms with Gasteiger partial charge in [0, 0.05) is 18.8 Å². The second kappa shape index (κ2) is 6.33. The molecule has 0 radical (unpaired) electrons. The summed E-state index contributed by atoms with van der Waals surface area (Å²) in [6.45, 7) is 0.352. The van der Waals surface area contributed by atoms with Gasteiger partial charge in [-0.3, -0.25) is 9.59 Å². The van der Waals surface area contributed by atoms with E-state index < -0.39 is 0 Å². The van der Waals surface area contributed by atoms with Gasteiger partial charge in [0.15, 0.2) is 0 Å². The summed E-state index contributed by atoms with van der Waals surface area (Å²) >= 11 is 0. The van der Waals surface area contributed by atoms with Crippen molar-refractivity contribution in [1.82, 2.24) is 10.6 Å². The first-order valence-corrected chi connectivity index (χ1v) is 6.50. The first-order valence-electron chi connectivity index (χ1n) is 6.50. The van der Waals surface area contributed by atoms with Crippen LogP contribution in [0.5, 0.6) is 0 Å². The topological polar surface area (TPSA) is 70.2 Å². The van der Waals surface area contributed by atoms with Gasteiger partial charge in [0.25, 0.3) is 0 Å². The second-order valence-corrected chi connectivity index (χ2v) is 4.75. The lowest BCUT2D eigenvalue weighted by molar-refractivity contribution is -0.120. The van der Waals surface area contributed by atoms with Crippen LogP contribution in [-0.4, -0.2) is 31.4 Å². The van der Waals surface area contributed by atoms with Gasteiger partial charge in [-0.05, 0) is 30.5 Å². The lowest BCUT2D eigenvalue weighted by Gasteiger charge is -2.07. The molecule has 0 heterocycles. The number of carbonyl (C=O) groups is 2. The average molecular weight is 261 g/mol. The number of rotatable bonds is 6. The molecule has 102 valence electrons. The molecule has 0 spiro atoms. The minimum Gasteiger partial charge on any atom is -0.359 e. The Morgan fingerprint density at radius 1 is 1.16 bits per heavy atom. The molecule has 3 N–H and O–H groups in total. The Balaban J connectivity index is 1.80. The molecule has 0 aliphatic heterocycles. The molecular weight excluding hydrogens is 242 g/mol. The van der Waals surface area contributed by atoms with E-state index in [1.54, 1.807) is 7.05 Å². The van der Waals surface area contributed by atoms with Crippen LogP contribution in [0.2, 0.25) is 0 Å². The summed E-state index contributed by atoms with van der Waals surface area (Å²) in [5.41, 5.74) is 1.68. The number of likely N-dealkylation sites (N-methyl/N-ethyl adjacent to an activating group) is 1. The number of hydrogen-bond donors (Lipinski definition) is 3. The van der Waals surface area contributed by atoms with Gasteiger partial charge in [-0.1, -0.05) is 12.1 Å². The maximum atomic E-state index is 11.6. The van der Waals surface area contributed by atoms with Crippen molar-refractivity contribution in [1.29, 1.82) is 0 Å². The van der Waals surface area contributed by atoms with Crippen molar-refractivity contribution >= 4 is 17.5 Å². The molecule has 1 aromatic carbocycles. The van der Waals surface area contributed by atoms with Crippen LogP contribution in [0.25, 0.3) is 0 Å². The monoisotopic (exact) mass is 261 g/mol. The molecule has 0 aromatic heterocycles. The van der Waals surface area contributed by atoms with Crippen LogP contribution in [0.1, 0.15) is 18.4 Å². The quantitative estimate of drug-likeness (QED) is 0.705. The van der Waals surface area contributed by atoms with E-state index in [0.29, 0.717) is 19.0 Å². The van der Waals surface area contributed by atoms with Gasteiger partial charge in [-0.2, -0.15) is 0 Å². The molecule has 5 nitrogen and oxygen atoms in total. The molecule has 1 aromatic rings. The van der Waals surface area contributed by atoms with Crippen molar-refractivity contribution in [2.75, 3.05) is 18.9 Å². The Bertz CT molecular complexity index is 452. The fourth-order valence-corrected chi connectivity index (χ4v) is 1.71. The van der Waals surface area contributed by atoms with Crippen LogP contribution in [0.4, 0.5) is 5.69 Å². The summed E-state index contributed by atoms with van der Waals surface area (Å²) in [5, 5.41) is 8.55. The molecule has 0 saturated heterocycles. The zero-order valence-corrected chi connectivity index (χ0v) is 11.0. The Hall–Kier alpha value is -1.88. The van der Waals surface area contributed by atoms with Crippen molar-refractivity contribution in [3.05, 3.63) is 29.8 Å². The first-order chi connectivity index (χ1) is 9.17. The molecule has 5 heteroatoms. The highest BCUT2D eigenvalue weighted by Gasteiger charge is 2.21. The van der Waals surface area contributed by atoms with Crippen molar-refractivity contribution in [2.24, 2.45) is 0 Å². The van der Waals surface area contributed by atoms with Crippen molar-refractivity contribution in [3.63, 3.8) is 0 Å². The van der Waals surface area contributed by atoms with Crippen LogP contribution in [0.3, 0.4) is 0 Å². The van der Waals surface area contributed by atoms with E-state index in [2.05, 4.69) is 16.0 Å². The van der Waals surface area contributed by atoms with E-state index in [9.17, 15) is 9.59 Å². The summed E-state index contributed by atoms with van der Waals surface area (Å²) in [5.74, 6) is -0.0589. The van der Waals surface area contributed by atoms with E-state index in [0.717, 1.165) is 11.3 Å². The van der Waals surface area contributed by atoms with E-state index >= 15 is 0 Å². The molecule has 1 fully saturated rings. The number of hydrogen-bond acceptors (Lipinski definition) is 3. The van der Waals surface area contributed by atoms with Crippen LogP contribution in [-0.2, 0) is 16.0 Å². The van der Waals surface area contributed by atoms with E-state index in [-0.39, 0.29) is 11.8 Å². The van der Waals surface area contributed by atoms with Gasteiger partial charge < -0.3 is 16.0 Å². The van der Waals surface area contributed by atoms with Crippen molar-refractivity contribution in [2.45, 2.75) is 25.3 Å². The maximum absolute atomic E-state index is 11.6.